The van der Waals surface area contributed by atoms with E-state index < -0.39 is 17.5 Å². The van der Waals surface area contributed by atoms with Crippen LogP contribution >= 0.6 is 0 Å². The summed E-state index contributed by atoms with van der Waals surface area (Å²) in [5.41, 5.74) is 3.12. The Morgan fingerprint density at radius 2 is 1.74 bits per heavy atom. The fourth-order valence-corrected chi connectivity index (χ4v) is 5.88. The van der Waals surface area contributed by atoms with Gasteiger partial charge >= 0.3 is 6.18 Å². The molecule has 5 rings (SSSR count). The Labute approximate surface area is 218 Å². The summed E-state index contributed by atoms with van der Waals surface area (Å²) in [5.74, 6) is -1.40. The van der Waals surface area contributed by atoms with Gasteiger partial charge in [-0.1, -0.05) is 6.07 Å². The van der Waals surface area contributed by atoms with Crippen molar-refractivity contribution >= 4 is 11.7 Å². The molecular weight excluding hydrogens is 497 g/mol. The molecule has 1 aromatic carbocycles. The molecule has 0 bridgehead atoms. The summed E-state index contributed by atoms with van der Waals surface area (Å²) in [6.07, 6.45) is -2.14. The normalized spacial score (nSPS) is 17.4. The summed E-state index contributed by atoms with van der Waals surface area (Å²) in [4.78, 5) is 33.6. The number of likely N-dealkylation sites (N-methyl/N-ethyl adjacent to an activating group) is 1. The quantitative estimate of drug-likeness (QED) is 0.462. The van der Waals surface area contributed by atoms with Crippen molar-refractivity contribution in [3.63, 3.8) is 0 Å². The molecule has 2 aliphatic heterocycles. The molecular formula is C28H29F3N4O3. The van der Waals surface area contributed by atoms with Gasteiger partial charge < -0.3 is 14.2 Å². The van der Waals surface area contributed by atoms with Gasteiger partial charge in [-0.15, -0.1) is 0 Å². The van der Waals surface area contributed by atoms with Crippen LogP contribution in [0.3, 0.4) is 0 Å². The van der Waals surface area contributed by atoms with Crippen molar-refractivity contribution in [2.24, 2.45) is 0 Å². The maximum absolute atomic E-state index is 13.4. The number of fused-ring (bicyclic) bond motifs is 2. The van der Waals surface area contributed by atoms with E-state index in [-0.39, 0.29) is 11.6 Å². The third-order valence-corrected chi connectivity index (χ3v) is 7.94. The Morgan fingerprint density at radius 1 is 1.00 bits per heavy atom. The fraction of sp³-hybridized carbons (Fsp3) is 0.393. The van der Waals surface area contributed by atoms with Gasteiger partial charge in [-0.05, 0) is 74.3 Å². The lowest BCUT2D eigenvalue weighted by Gasteiger charge is -2.50. The van der Waals surface area contributed by atoms with Crippen molar-refractivity contribution < 1.29 is 27.5 Å². The maximum atomic E-state index is 13.4. The second kappa shape index (κ2) is 9.58. The second-order valence-corrected chi connectivity index (χ2v) is 9.92. The number of rotatable bonds is 4. The number of carbonyl (C=O) groups excluding carboxylic acids is 2. The largest absolute Gasteiger partial charge is 0.481 e. The van der Waals surface area contributed by atoms with E-state index in [1.807, 2.05) is 38.2 Å². The van der Waals surface area contributed by atoms with Crippen LogP contribution in [-0.4, -0.2) is 71.0 Å². The number of ether oxygens (including phenoxy) is 1. The van der Waals surface area contributed by atoms with Gasteiger partial charge in [0.05, 0.1) is 18.3 Å². The third kappa shape index (κ3) is 4.26. The van der Waals surface area contributed by atoms with E-state index in [9.17, 15) is 22.8 Å². The van der Waals surface area contributed by atoms with Crippen molar-refractivity contribution in [1.29, 1.82) is 0 Å². The van der Waals surface area contributed by atoms with E-state index in [1.54, 1.807) is 30.3 Å². The van der Waals surface area contributed by atoms with Gasteiger partial charge in [0.2, 0.25) is 5.88 Å². The third-order valence-electron chi connectivity index (χ3n) is 7.94. The van der Waals surface area contributed by atoms with E-state index in [0.29, 0.717) is 56.2 Å². The standard InChI is InChI=1S/C28H29F3N4O3/c1-18-17-19(6-7-20(18)21-5-4-12-32-25(21)38-3)26(37)34-13-10-27(11-14-34)23-9-8-22(24(36)28(29,30)31)35(23)16-15-33(27)2/h4-9,12,17H,10-11,13-16H2,1-3H3. The van der Waals surface area contributed by atoms with Crippen LogP contribution in [0.15, 0.2) is 48.7 Å². The van der Waals surface area contributed by atoms with E-state index in [0.717, 1.165) is 16.7 Å². The van der Waals surface area contributed by atoms with Crippen molar-refractivity contribution in [1.82, 2.24) is 19.4 Å². The predicted octanol–water partition coefficient (Wildman–Crippen LogP) is 4.69. The Bertz CT molecular complexity index is 1390. The Hall–Kier alpha value is -3.66. The van der Waals surface area contributed by atoms with E-state index in [2.05, 4.69) is 9.88 Å². The molecule has 1 saturated heterocycles. The van der Waals surface area contributed by atoms with Gasteiger partial charge in [0.1, 0.15) is 0 Å². The summed E-state index contributed by atoms with van der Waals surface area (Å²) in [5, 5.41) is 0. The molecule has 0 atom stereocenters. The van der Waals surface area contributed by atoms with Crippen LogP contribution in [0.25, 0.3) is 11.1 Å². The zero-order valence-corrected chi connectivity index (χ0v) is 21.5. The highest BCUT2D eigenvalue weighted by atomic mass is 19.4. The molecule has 4 heterocycles. The van der Waals surface area contributed by atoms with Gasteiger partial charge in [0.25, 0.3) is 11.7 Å². The molecule has 200 valence electrons. The summed E-state index contributed by atoms with van der Waals surface area (Å²) in [7, 11) is 3.52. The minimum absolute atomic E-state index is 0.0885. The number of ketones is 1. The smallest absolute Gasteiger partial charge is 0.456 e. The van der Waals surface area contributed by atoms with E-state index >= 15 is 0 Å². The van der Waals surface area contributed by atoms with Crippen LogP contribution in [0, 0.1) is 6.92 Å². The zero-order chi connectivity index (χ0) is 27.2. The molecule has 7 nitrogen and oxygen atoms in total. The molecule has 2 aliphatic rings. The average molecular weight is 527 g/mol. The number of hydrogen-bond acceptors (Lipinski definition) is 5. The first-order valence-corrected chi connectivity index (χ1v) is 12.5. The molecule has 1 fully saturated rings. The summed E-state index contributed by atoms with van der Waals surface area (Å²) in [6, 6.07) is 12.2. The lowest BCUT2D eigenvalue weighted by Crippen LogP contribution is -2.56. The molecule has 10 heteroatoms. The molecule has 38 heavy (non-hydrogen) atoms. The Morgan fingerprint density at radius 3 is 2.39 bits per heavy atom. The first kappa shape index (κ1) is 26.0. The van der Waals surface area contributed by atoms with Crippen LogP contribution in [-0.2, 0) is 12.1 Å². The number of nitrogens with zero attached hydrogens (tertiary/aromatic N) is 4. The first-order valence-electron chi connectivity index (χ1n) is 12.5. The van der Waals surface area contributed by atoms with Crippen LogP contribution in [0.4, 0.5) is 13.2 Å². The van der Waals surface area contributed by atoms with E-state index in [4.69, 9.17) is 4.74 Å². The van der Waals surface area contributed by atoms with Crippen LogP contribution in [0.5, 0.6) is 5.88 Å². The monoisotopic (exact) mass is 526 g/mol. The van der Waals surface area contributed by atoms with Crippen LogP contribution in [0.1, 0.15) is 44.9 Å². The molecule has 1 amide bonds. The van der Waals surface area contributed by atoms with Crippen molar-refractivity contribution in [3.05, 3.63) is 71.2 Å². The van der Waals surface area contributed by atoms with Crippen LogP contribution < -0.4 is 4.74 Å². The number of hydrogen-bond donors (Lipinski definition) is 0. The van der Waals surface area contributed by atoms with E-state index in [1.165, 1.54) is 10.6 Å². The average Bonchev–Trinajstić information content (AvgIpc) is 3.35. The number of Topliss-reactive ketones (excluding diaryl/α,β-unsaturated/α-hetero) is 1. The van der Waals surface area contributed by atoms with Gasteiger partial charge in [-0.25, -0.2) is 4.98 Å². The minimum Gasteiger partial charge on any atom is -0.481 e. The number of aromatic nitrogens is 2. The number of aryl methyl sites for hydroxylation is 1. The highest BCUT2D eigenvalue weighted by Crippen LogP contribution is 2.42. The van der Waals surface area contributed by atoms with Crippen molar-refractivity contribution in [2.75, 3.05) is 33.8 Å². The number of piperidine rings is 1. The molecule has 3 aromatic rings. The molecule has 2 aromatic heterocycles. The molecule has 0 saturated carbocycles. The molecule has 0 aliphatic carbocycles. The Balaban J connectivity index is 1.36. The number of pyridine rings is 1. The number of likely N-dealkylation sites (tertiary alicyclic amines) is 1. The molecule has 0 N–H and O–H groups in total. The molecule has 1 spiro atoms. The summed E-state index contributed by atoms with van der Waals surface area (Å²) < 4.78 is 46.4. The van der Waals surface area contributed by atoms with Crippen LogP contribution in [0.2, 0.25) is 0 Å². The number of alkyl halides is 3. The lowest BCUT2D eigenvalue weighted by molar-refractivity contribution is -0.0892. The number of amides is 1. The van der Waals surface area contributed by atoms with Crippen molar-refractivity contribution in [3.8, 4) is 17.0 Å². The van der Waals surface area contributed by atoms with Crippen molar-refractivity contribution in [2.45, 2.75) is 38.0 Å². The number of carbonyl (C=O) groups is 2. The van der Waals surface area contributed by atoms with Gasteiger partial charge in [0.15, 0.2) is 0 Å². The molecule has 0 radical (unpaired) electrons. The highest BCUT2D eigenvalue weighted by molar-refractivity contribution is 5.99. The second-order valence-electron chi connectivity index (χ2n) is 9.92. The Kier molecular flexibility index (Phi) is 6.54. The first-order chi connectivity index (χ1) is 18.1. The topological polar surface area (TPSA) is 67.7 Å². The zero-order valence-electron chi connectivity index (χ0n) is 21.5. The maximum Gasteiger partial charge on any atom is 0.456 e. The minimum atomic E-state index is -4.92. The number of halogens is 3. The molecule has 0 unspecified atom stereocenters. The summed E-state index contributed by atoms with van der Waals surface area (Å²) >= 11 is 0. The number of methoxy groups -OCH3 is 1. The predicted molar refractivity (Wildman–Crippen MR) is 135 cm³/mol. The fourth-order valence-electron chi connectivity index (χ4n) is 5.88. The van der Waals surface area contributed by atoms with Gasteiger partial charge in [-0.2, -0.15) is 13.2 Å². The SMILES string of the molecule is COc1ncccc1-c1ccc(C(=O)N2CCC3(CC2)c2ccc(C(=O)C(F)(F)F)n2CCN3C)cc1C. The van der Waals surface area contributed by atoms with Gasteiger partial charge in [-0.3, -0.25) is 14.5 Å². The lowest BCUT2D eigenvalue weighted by atomic mass is 9.81. The highest BCUT2D eigenvalue weighted by Gasteiger charge is 2.47. The summed E-state index contributed by atoms with van der Waals surface area (Å²) in [6.45, 7) is 3.68. The van der Waals surface area contributed by atoms with Gasteiger partial charge in [0, 0.05) is 49.2 Å². The number of benzene rings is 1.